The summed E-state index contributed by atoms with van der Waals surface area (Å²) in [6.45, 7) is 6.13. The first-order valence-corrected chi connectivity index (χ1v) is 18.5. The molecule has 3 aromatic rings. The molecule has 272 valence electrons. The van der Waals surface area contributed by atoms with Crippen LogP contribution in [-0.4, -0.2) is 94.0 Å². The normalized spacial score (nSPS) is 19.7. The molecule has 0 saturated heterocycles. The van der Waals surface area contributed by atoms with Crippen LogP contribution in [-0.2, 0) is 14.8 Å². The van der Waals surface area contributed by atoms with Crippen LogP contribution in [0.25, 0.3) is 0 Å². The Kier molecular flexibility index (Phi) is 13.8. The van der Waals surface area contributed by atoms with E-state index in [0.29, 0.717) is 35.2 Å². The molecule has 12 nitrogen and oxygen atoms in total. The van der Waals surface area contributed by atoms with Crippen LogP contribution in [0.5, 0.6) is 11.5 Å². The van der Waals surface area contributed by atoms with E-state index < -0.39 is 28.1 Å². The molecule has 0 bridgehead atoms. The molecular weight excluding hydrogens is 684 g/mol. The maximum absolute atomic E-state index is 14.4. The standard InChI is InChI=1S/C36H47ClN4O8S/c1-24-21-41(25(2)23-42)35(43)32-20-29(39-50(45,46)31-16-9-27(37)10-17-31)13-18-33(32)49-26(3)8-6-7-19-48-34(24)22-40(4)36(44)38-28-11-14-30(47-5)15-12-28/h9-18,20,24-26,34,39,42H,6-8,19,21-23H2,1-5H3,(H,38,44)/t24-,25+,26-,34-/m1/s1. The molecule has 1 heterocycles. The van der Waals surface area contributed by atoms with E-state index in [-0.39, 0.29) is 53.9 Å². The van der Waals surface area contributed by atoms with Crippen LogP contribution in [0.4, 0.5) is 16.2 Å². The van der Waals surface area contributed by atoms with E-state index in [1.165, 1.54) is 35.2 Å². The number of hydrogen-bond acceptors (Lipinski definition) is 8. The van der Waals surface area contributed by atoms with Crippen LogP contribution in [0.15, 0.2) is 71.6 Å². The number of urea groups is 1. The Hall–Kier alpha value is -4.04. The fourth-order valence-corrected chi connectivity index (χ4v) is 6.70. The number of rotatable bonds is 9. The second-order valence-electron chi connectivity index (χ2n) is 12.6. The number of amides is 3. The van der Waals surface area contributed by atoms with E-state index in [4.69, 9.17) is 25.8 Å². The number of benzene rings is 3. The van der Waals surface area contributed by atoms with Gasteiger partial charge in [0.15, 0.2) is 0 Å². The Bertz CT molecular complexity index is 1690. The number of methoxy groups -OCH3 is 1. The van der Waals surface area contributed by atoms with Gasteiger partial charge < -0.3 is 34.4 Å². The third-order valence-electron chi connectivity index (χ3n) is 8.57. The van der Waals surface area contributed by atoms with Gasteiger partial charge in [-0.1, -0.05) is 18.5 Å². The van der Waals surface area contributed by atoms with Crippen molar-refractivity contribution in [3.63, 3.8) is 0 Å². The molecule has 0 saturated carbocycles. The number of likely N-dealkylation sites (N-methyl/N-ethyl adjacent to an activating group) is 1. The van der Waals surface area contributed by atoms with Crippen LogP contribution < -0.4 is 19.5 Å². The summed E-state index contributed by atoms with van der Waals surface area (Å²) in [4.78, 5) is 30.6. The van der Waals surface area contributed by atoms with E-state index >= 15 is 0 Å². The second-order valence-corrected chi connectivity index (χ2v) is 14.7. The van der Waals surface area contributed by atoms with Crippen molar-refractivity contribution in [2.75, 3.05) is 50.5 Å². The molecule has 0 spiro atoms. The van der Waals surface area contributed by atoms with Crippen LogP contribution in [0, 0.1) is 5.92 Å². The maximum Gasteiger partial charge on any atom is 0.321 e. The number of ether oxygens (including phenoxy) is 3. The lowest BCUT2D eigenvalue weighted by Crippen LogP contribution is -2.48. The van der Waals surface area contributed by atoms with Gasteiger partial charge in [0.2, 0.25) is 0 Å². The number of halogens is 1. The van der Waals surface area contributed by atoms with Crippen LogP contribution >= 0.6 is 11.6 Å². The number of carbonyl (C=O) groups is 2. The van der Waals surface area contributed by atoms with Crippen molar-refractivity contribution >= 4 is 44.9 Å². The van der Waals surface area contributed by atoms with Crippen molar-refractivity contribution in [3.05, 3.63) is 77.3 Å². The van der Waals surface area contributed by atoms with E-state index in [9.17, 15) is 23.1 Å². The average molecular weight is 731 g/mol. The van der Waals surface area contributed by atoms with Gasteiger partial charge in [-0.3, -0.25) is 9.52 Å². The first-order chi connectivity index (χ1) is 23.8. The number of fused-ring (bicyclic) bond motifs is 1. The molecule has 1 aliphatic heterocycles. The van der Waals surface area contributed by atoms with Crippen molar-refractivity contribution in [2.45, 2.75) is 63.2 Å². The molecule has 4 rings (SSSR count). The largest absolute Gasteiger partial charge is 0.497 e. The highest BCUT2D eigenvalue weighted by Gasteiger charge is 2.31. The molecule has 3 aromatic carbocycles. The molecule has 14 heteroatoms. The molecule has 0 unspecified atom stereocenters. The summed E-state index contributed by atoms with van der Waals surface area (Å²) >= 11 is 5.95. The summed E-state index contributed by atoms with van der Waals surface area (Å²) < 4.78 is 46.7. The van der Waals surface area contributed by atoms with E-state index in [1.54, 1.807) is 62.4 Å². The summed E-state index contributed by atoms with van der Waals surface area (Å²) in [5.74, 6) is 0.254. The molecular formula is C36H47ClN4O8S. The van der Waals surface area contributed by atoms with Gasteiger partial charge in [-0.2, -0.15) is 0 Å². The van der Waals surface area contributed by atoms with E-state index in [2.05, 4.69) is 10.0 Å². The van der Waals surface area contributed by atoms with Crippen LogP contribution in [0.3, 0.4) is 0 Å². The summed E-state index contributed by atoms with van der Waals surface area (Å²) in [6, 6.07) is 16.4. The fraction of sp³-hybridized carbons (Fsp3) is 0.444. The minimum absolute atomic E-state index is 0.0104. The second kappa shape index (κ2) is 17.8. The first-order valence-electron chi connectivity index (χ1n) is 16.6. The zero-order valence-electron chi connectivity index (χ0n) is 29.1. The topological polar surface area (TPSA) is 147 Å². The molecule has 4 atom stereocenters. The molecule has 0 aromatic heterocycles. The van der Waals surface area contributed by atoms with Gasteiger partial charge in [0, 0.05) is 49.1 Å². The number of nitrogens with one attached hydrogen (secondary N) is 2. The van der Waals surface area contributed by atoms with E-state index in [1.807, 2.05) is 13.8 Å². The molecule has 0 radical (unpaired) electrons. The highest BCUT2D eigenvalue weighted by Crippen LogP contribution is 2.30. The third kappa shape index (κ3) is 10.5. The number of aliphatic hydroxyl groups excluding tert-OH is 1. The lowest BCUT2D eigenvalue weighted by atomic mass is 10.0. The zero-order valence-corrected chi connectivity index (χ0v) is 30.7. The van der Waals surface area contributed by atoms with Crippen molar-refractivity contribution < 1.29 is 37.3 Å². The van der Waals surface area contributed by atoms with Gasteiger partial charge in [0.1, 0.15) is 11.5 Å². The number of hydrogen-bond donors (Lipinski definition) is 3. The Balaban J connectivity index is 1.61. The molecule has 3 N–H and O–H groups in total. The van der Waals surface area contributed by atoms with Crippen molar-refractivity contribution in [1.82, 2.24) is 9.80 Å². The fourth-order valence-electron chi connectivity index (χ4n) is 5.52. The SMILES string of the molecule is COc1ccc(NC(=O)N(C)C[C@H]2OCCCC[C@@H](C)Oc3ccc(NS(=O)(=O)c4ccc(Cl)cc4)cc3C(=O)N([C@@H](C)CO)C[C@H]2C)cc1. The van der Waals surface area contributed by atoms with Gasteiger partial charge in [0.25, 0.3) is 15.9 Å². The first kappa shape index (κ1) is 38.8. The predicted molar refractivity (Wildman–Crippen MR) is 194 cm³/mol. The van der Waals surface area contributed by atoms with Gasteiger partial charge in [0.05, 0.1) is 42.4 Å². The third-order valence-corrected chi connectivity index (χ3v) is 10.2. The van der Waals surface area contributed by atoms with Gasteiger partial charge in [-0.25, -0.2) is 13.2 Å². The van der Waals surface area contributed by atoms with Gasteiger partial charge in [-0.05, 0) is 99.8 Å². The molecule has 0 aliphatic carbocycles. The molecule has 50 heavy (non-hydrogen) atoms. The minimum atomic E-state index is -4.00. The minimum Gasteiger partial charge on any atom is -0.497 e. The summed E-state index contributed by atoms with van der Waals surface area (Å²) in [6.07, 6.45) is 1.53. The predicted octanol–water partition coefficient (Wildman–Crippen LogP) is 6.11. The lowest BCUT2D eigenvalue weighted by Gasteiger charge is -2.35. The Labute approximate surface area is 299 Å². The van der Waals surface area contributed by atoms with Gasteiger partial charge >= 0.3 is 6.03 Å². The Morgan fingerprint density at radius 1 is 1.08 bits per heavy atom. The summed E-state index contributed by atoms with van der Waals surface area (Å²) in [5.41, 5.74) is 0.923. The van der Waals surface area contributed by atoms with Crippen LogP contribution in [0.2, 0.25) is 5.02 Å². The zero-order chi connectivity index (χ0) is 36.4. The van der Waals surface area contributed by atoms with Crippen molar-refractivity contribution in [3.8, 4) is 11.5 Å². The average Bonchev–Trinajstić information content (AvgIpc) is 3.09. The monoisotopic (exact) mass is 730 g/mol. The number of nitrogens with zero attached hydrogens (tertiary/aromatic N) is 2. The van der Waals surface area contributed by atoms with Crippen molar-refractivity contribution in [2.24, 2.45) is 5.92 Å². The lowest BCUT2D eigenvalue weighted by molar-refractivity contribution is -0.0115. The Morgan fingerprint density at radius 2 is 1.76 bits per heavy atom. The molecule has 3 amide bonds. The highest BCUT2D eigenvalue weighted by molar-refractivity contribution is 7.92. The van der Waals surface area contributed by atoms with Gasteiger partial charge in [-0.15, -0.1) is 0 Å². The quantitative estimate of drug-likeness (QED) is 0.239. The molecule has 1 aliphatic rings. The smallest absolute Gasteiger partial charge is 0.321 e. The number of anilines is 2. The van der Waals surface area contributed by atoms with Crippen LogP contribution in [0.1, 0.15) is 50.4 Å². The number of sulfonamides is 1. The Morgan fingerprint density at radius 3 is 2.42 bits per heavy atom. The van der Waals surface area contributed by atoms with Crippen molar-refractivity contribution in [1.29, 1.82) is 0 Å². The molecule has 0 fully saturated rings. The van der Waals surface area contributed by atoms with E-state index in [0.717, 1.165) is 12.8 Å². The summed E-state index contributed by atoms with van der Waals surface area (Å²) in [5, 5.41) is 13.5. The highest BCUT2D eigenvalue weighted by atomic mass is 35.5. The maximum atomic E-state index is 14.4. The summed E-state index contributed by atoms with van der Waals surface area (Å²) in [7, 11) is -0.745. The number of aliphatic hydroxyl groups is 1. The number of carbonyl (C=O) groups excluding carboxylic acids is 2.